The van der Waals surface area contributed by atoms with Crippen LogP contribution in [0.1, 0.15) is 47.1 Å². The van der Waals surface area contributed by atoms with Gasteiger partial charge in [-0.2, -0.15) is 4.90 Å². The summed E-state index contributed by atoms with van der Waals surface area (Å²) in [6.07, 6.45) is -0.193. The fourth-order valence-corrected chi connectivity index (χ4v) is 2.84. The first-order valence-corrected chi connectivity index (χ1v) is 9.65. The van der Waals surface area contributed by atoms with Gasteiger partial charge in [0.25, 0.3) is 0 Å². The minimum absolute atomic E-state index is 0.130. The van der Waals surface area contributed by atoms with Crippen LogP contribution in [0.3, 0.4) is 0 Å². The lowest BCUT2D eigenvalue weighted by molar-refractivity contribution is 0.0429. The lowest BCUT2D eigenvalue weighted by atomic mass is 10.1. The third-order valence-corrected chi connectivity index (χ3v) is 4.11. The molecule has 0 saturated heterocycles. The fraction of sp³-hybridized carbons (Fsp3) is 0.450. The highest BCUT2D eigenvalue weighted by molar-refractivity contribution is 9.10. The molecule has 0 radical (unpaired) electrons. The zero-order chi connectivity index (χ0) is 21.3. The molecule has 0 unspecified atom stereocenters. The first-order chi connectivity index (χ1) is 12.8. The number of benzene rings is 1. The van der Waals surface area contributed by atoms with Crippen molar-refractivity contribution in [2.24, 2.45) is 5.73 Å². The molecule has 2 N–H and O–H groups in total. The van der Waals surface area contributed by atoms with Gasteiger partial charge < -0.3 is 15.2 Å². The van der Waals surface area contributed by atoms with Crippen molar-refractivity contribution in [2.75, 3.05) is 4.90 Å². The Morgan fingerprint density at radius 1 is 1.04 bits per heavy atom. The molecule has 0 aliphatic heterocycles. The molecule has 2 amide bonds. The molecule has 0 saturated carbocycles. The van der Waals surface area contributed by atoms with Crippen molar-refractivity contribution in [3.05, 3.63) is 34.4 Å². The second-order valence-electron chi connectivity index (χ2n) is 8.31. The standard InChI is InChI=1S/C20H26BrN3O4/c1-19(2,3)27-17(25)24(18(26)28-20(4,5)6)16-13-8-7-12(10-22)9-14(13)15(21)11-23-16/h7-9,11H,10,22H2,1-6H3. The predicted molar refractivity (Wildman–Crippen MR) is 112 cm³/mol. The summed E-state index contributed by atoms with van der Waals surface area (Å²) in [7, 11) is 0. The Hall–Kier alpha value is -2.19. The molecule has 0 aliphatic carbocycles. The van der Waals surface area contributed by atoms with Crippen LogP contribution in [0.2, 0.25) is 0 Å². The molecule has 0 bridgehead atoms. The molecule has 1 aromatic heterocycles. The summed E-state index contributed by atoms with van der Waals surface area (Å²) in [5.41, 5.74) is 5.05. The summed E-state index contributed by atoms with van der Waals surface area (Å²) < 4.78 is 11.6. The Morgan fingerprint density at radius 3 is 2.04 bits per heavy atom. The van der Waals surface area contributed by atoms with Gasteiger partial charge in [-0.3, -0.25) is 0 Å². The lowest BCUT2D eigenvalue weighted by Gasteiger charge is -2.28. The number of imide groups is 1. The third-order valence-electron chi connectivity index (χ3n) is 3.48. The summed E-state index contributed by atoms with van der Waals surface area (Å²) in [5, 5.41) is 1.35. The maximum Gasteiger partial charge on any atom is 0.425 e. The van der Waals surface area contributed by atoms with Gasteiger partial charge in [-0.15, -0.1) is 0 Å². The van der Waals surface area contributed by atoms with Crippen LogP contribution in [-0.4, -0.2) is 28.4 Å². The molecule has 2 rings (SSSR count). The number of aromatic nitrogens is 1. The van der Waals surface area contributed by atoms with Crippen LogP contribution in [0.5, 0.6) is 0 Å². The first kappa shape index (κ1) is 22.1. The molecule has 2 aromatic rings. The summed E-state index contributed by atoms with van der Waals surface area (Å²) in [5.74, 6) is 0.130. The Kier molecular flexibility index (Phi) is 6.35. The minimum Gasteiger partial charge on any atom is -0.443 e. The van der Waals surface area contributed by atoms with E-state index in [-0.39, 0.29) is 5.82 Å². The van der Waals surface area contributed by atoms with E-state index in [2.05, 4.69) is 20.9 Å². The van der Waals surface area contributed by atoms with Gasteiger partial charge in [0.2, 0.25) is 0 Å². The van der Waals surface area contributed by atoms with Crippen molar-refractivity contribution in [1.82, 2.24) is 4.98 Å². The minimum atomic E-state index is -0.860. The van der Waals surface area contributed by atoms with Gasteiger partial charge in [-0.25, -0.2) is 14.6 Å². The monoisotopic (exact) mass is 451 g/mol. The second-order valence-corrected chi connectivity index (χ2v) is 9.16. The smallest absolute Gasteiger partial charge is 0.425 e. The van der Waals surface area contributed by atoms with Gasteiger partial charge in [-0.05, 0) is 69.1 Å². The van der Waals surface area contributed by atoms with Gasteiger partial charge in [0, 0.05) is 28.0 Å². The van der Waals surface area contributed by atoms with Gasteiger partial charge in [0.1, 0.15) is 11.2 Å². The number of anilines is 1. The van der Waals surface area contributed by atoms with Crippen LogP contribution in [0.15, 0.2) is 28.9 Å². The Labute approximate surface area is 173 Å². The average Bonchev–Trinajstić information content (AvgIpc) is 2.53. The van der Waals surface area contributed by atoms with E-state index in [4.69, 9.17) is 15.2 Å². The summed E-state index contributed by atoms with van der Waals surface area (Å²) >= 11 is 3.46. The number of amides is 2. The number of halogens is 1. The van der Waals surface area contributed by atoms with Crippen LogP contribution >= 0.6 is 15.9 Å². The summed E-state index contributed by atoms with van der Waals surface area (Å²) in [6, 6.07) is 5.47. The number of carbonyl (C=O) groups excluding carboxylic acids is 2. The Bertz CT molecular complexity index is 873. The molecule has 0 aliphatic rings. The third kappa shape index (κ3) is 5.42. The van der Waals surface area contributed by atoms with Crippen molar-refractivity contribution in [3.63, 3.8) is 0 Å². The van der Waals surface area contributed by atoms with Crippen LogP contribution < -0.4 is 10.6 Å². The molecule has 152 valence electrons. The number of nitrogens with zero attached hydrogens (tertiary/aromatic N) is 2. The van der Waals surface area contributed by atoms with E-state index >= 15 is 0 Å². The van der Waals surface area contributed by atoms with Crippen LogP contribution in [0, 0.1) is 0 Å². The first-order valence-electron chi connectivity index (χ1n) is 8.85. The van der Waals surface area contributed by atoms with E-state index in [1.165, 1.54) is 6.20 Å². The molecular weight excluding hydrogens is 426 g/mol. The molecule has 1 aromatic carbocycles. The zero-order valence-electron chi connectivity index (χ0n) is 17.0. The van der Waals surface area contributed by atoms with Crippen molar-refractivity contribution < 1.29 is 19.1 Å². The molecule has 0 atom stereocenters. The highest BCUT2D eigenvalue weighted by atomic mass is 79.9. The van der Waals surface area contributed by atoms with Crippen molar-refractivity contribution >= 4 is 44.7 Å². The van der Waals surface area contributed by atoms with Gasteiger partial charge in [0.05, 0.1) is 0 Å². The van der Waals surface area contributed by atoms with E-state index in [1.807, 2.05) is 12.1 Å². The van der Waals surface area contributed by atoms with Gasteiger partial charge >= 0.3 is 12.2 Å². The van der Waals surface area contributed by atoms with E-state index in [9.17, 15) is 9.59 Å². The number of fused-ring (bicyclic) bond motifs is 1. The molecule has 1 heterocycles. The zero-order valence-corrected chi connectivity index (χ0v) is 18.6. The van der Waals surface area contributed by atoms with Crippen molar-refractivity contribution in [2.45, 2.75) is 59.3 Å². The molecule has 0 fully saturated rings. The number of pyridine rings is 1. The molecular formula is C20H26BrN3O4. The molecule has 7 nitrogen and oxygen atoms in total. The molecule has 0 spiro atoms. The van der Waals surface area contributed by atoms with Gasteiger partial charge in [-0.1, -0.05) is 12.1 Å². The van der Waals surface area contributed by atoms with Crippen LogP contribution in [0.25, 0.3) is 10.8 Å². The number of rotatable bonds is 2. The van der Waals surface area contributed by atoms with Crippen LogP contribution in [-0.2, 0) is 16.0 Å². The van der Waals surface area contributed by atoms with Crippen molar-refractivity contribution in [1.29, 1.82) is 0 Å². The number of carbonyl (C=O) groups is 2. The van der Waals surface area contributed by atoms with E-state index in [0.717, 1.165) is 20.3 Å². The number of nitrogens with two attached hydrogens (primary N) is 1. The van der Waals surface area contributed by atoms with E-state index < -0.39 is 23.4 Å². The largest absolute Gasteiger partial charge is 0.443 e. The summed E-state index contributed by atoms with van der Waals surface area (Å²) in [6.45, 7) is 10.7. The molecule has 28 heavy (non-hydrogen) atoms. The number of hydrogen-bond acceptors (Lipinski definition) is 6. The second kappa shape index (κ2) is 8.05. The maximum atomic E-state index is 12.9. The maximum absolute atomic E-state index is 12.9. The highest BCUT2D eigenvalue weighted by Gasteiger charge is 2.34. The normalized spacial score (nSPS) is 12.0. The van der Waals surface area contributed by atoms with E-state index in [0.29, 0.717) is 11.9 Å². The SMILES string of the molecule is CC(C)(C)OC(=O)N(C(=O)OC(C)(C)C)c1ncc(Br)c2cc(CN)ccc12. The lowest BCUT2D eigenvalue weighted by Crippen LogP contribution is -2.44. The summed E-state index contributed by atoms with van der Waals surface area (Å²) in [4.78, 5) is 30.9. The van der Waals surface area contributed by atoms with Crippen LogP contribution in [0.4, 0.5) is 15.4 Å². The topological polar surface area (TPSA) is 94.8 Å². The quantitative estimate of drug-likeness (QED) is 0.679. The number of ether oxygens (including phenoxy) is 2. The fourth-order valence-electron chi connectivity index (χ4n) is 2.41. The van der Waals surface area contributed by atoms with Crippen molar-refractivity contribution in [3.8, 4) is 0 Å². The van der Waals surface area contributed by atoms with Gasteiger partial charge in [0.15, 0.2) is 5.82 Å². The Balaban J connectivity index is 2.64. The number of hydrogen-bond donors (Lipinski definition) is 1. The average molecular weight is 452 g/mol. The Morgan fingerprint density at radius 2 is 1.57 bits per heavy atom. The highest BCUT2D eigenvalue weighted by Crippen LogP contribution is 2.32. The predicted octanol–water partition coefficient (Wildman–Crippen LogP) is 5.13. The van der Waals surface area contributed by atoms with E-state index in [1.54, 1.807) is 47.6 Å². The molecule has 8 heteroatoms.